The summed E-state index contributed by atoms with van der Waals surface area (Å²) in [6.07, 6.45) is 2.82. The van der Waals surface area contributed by atoms with E-state index in [0.29, 0.717) is 18.2 Å². The molecule has 1 aliphatic rings. The van der Waals surface area contributed by atoms with Crippen LogP contribution in [-0.2, 0) is 11.2 Å². The van der Waals surface area contributed by atoms with Crippen LogP contribution in [0.25, 0.3) is 0 Å². The van der Waals surface area contributed by atoms with Gasteiger partial charge in [-0.25, -0.2) is 0 Å². The molecule has 0 radical (unpaired) electrons. The first-order valence-corrected chi connectivity index (χ1v) is 8.19. The second kappa shape index (κ2) is 8.18. The van der Waals surface area contributed by atoms with Gasteiger partial charge in [-0.3, -0.25) is 9.69 Å². The molecule has 2 rings (SSSR count). The summed E-state index contributed by atoms with van der Waals surface area (Å²) in [7, 11) is 0. The van der Waals surface area contributed by atoms with Crippen molar-refractivity contribution in [2.45, 2.75) is 33.1 Å². The van der Waals surface area contributed by atoms with Gasteiger partial charge in [-0.15, -0.1) is 0 Å². The molecular weight excluding hydrogens is 260 g/mol. The van der Waals surface area contributed by atoms with Gasteiger partial charge in [0.2, 0.25) is 5.91 Å². The number of benzene rings is 1. The molecule has 0 N–H and O–H groups in total. The Labute approximate surface area is 128 Å². The molecular formula is C18H28N2O. The maximum absolute atomic E-state index is 12.1. The average molecular weight is 288 g/mol. The van der Waals surface area contributed by atoms with E-state index in [0.717, 1.165) is 45.6 Å². The minimum Gasteiger partial charge on any atom is -0.340 e. The Hall–Kier alpha value is -1.35. The monoisotopic (exact) mass is 288 g/mol. The molecule has 1 fully saturated rings. The Bertz CT molecular complexity index is 422. The van der Waals surface area contributed by atoms with Gasteiger partial charge < -0.3 is 4.90 Å². The zero-order valence-corrected chi connectivity index (χ0v) is 13.4. The lowest BCUT2D eigenvalue weighted by Gasteiger charge is -2.35. The van der Waals surface area contributed by atoms with Crippen LogP contribution in [0.1, 0.15) is 32.3 Å². The zero-order valence-electron chi connectivity index (χ0n) is 13.4. The third-order valence-electron chi connectivity index (χ3n) is 4.22. The van der Waals surface area contributed by atoms with Crippen molar-refractivity contribution < 1.29 is 4.79 Å². The van der Waals surface area contributed by atoms with Crippen molar-refractivity contribution in [2.24, 2.45) is 5.92 Å². The van der Waals surface area contributed by atoms with E-state index in [1.165, 1.54) is 5.56 Å². The summed E-state index contributed by atoms with van der Waals surface area (Å²) >= 11 is 0. The highest BCUT2D eigenvalue weighted by molar-refractivity contribution is 5.76. The fraction of sp³-hybridized carbons (Fsp3) is 0.611. The number of nitrogens with zero attached hydrogens (tertiary/aromatic N) is 2. The maximum atomic E-state index is 12.1. The minimum atomic E-state index is 0.339. The normalized spacial score (nSPS) is 16.4. The van der Waals surface area contributed by atoms with E-state index in [1.54, 1.807) is 0 Å². The molecule has 21 heavy (non-hydrogen) atoms. The number of rotatable bonds is 6. The average Bonchev–Trinajstić information content (AvgIpc) is 2.52. The molecule has 1 aliphatic heterocycles. The molecule has 1 amide bonds. The minimum absolute atomic E-state index is 0.339. The van der Waals surface area contributed by atoms with E-state index in [-0.39, 0.29) is 0 Å². The van der Waals surface area contributed by atoms with Crippen molar-refractivity contribution in [3.05, 3.63) is 35.9 Å². The summed E-state index contributed by atoms with van der Waals surface area (Å²) in [5, 5.41) is 0. The van der Waals surface area contributed by atoms with Crippen LogP contribution in [0.5, 0.6) is 0 Å². The Balaban J connectivity index is 1.67. The molecule has 0 aromatic heterocycles. The molecule has 0 saturated carbocycles. The Kier molecular flexibility index (Phi) is 6.24. The Morgan fingerprint density at radius 3 is 2.38 bits per heavy atom. The number of carbonyl (C=O) groups is 1. The molecule has 1 aromatic rings. The third kappa shape index (κ3) is 5.50. The summed E-state index contributed by atoms with van der Waals surface area (Å²) < 4.78 is 0. The number of hydrogen-bond donors (Lipinski definition) is 0. The van der Waals surface area contributed by atoms with Gasteiger partial charge in [-0.1, -0.05) is 44.2 Å². The van der Waals surface area contributed by atoms with Gasteiger partial charge in [0.05, 0.1) is 0 Å². The van der Waals surface area contributed by atoms with Gasteiger partial charge in [-0.2, -0.15) is 0 Å². The fourth-order valence-electron chi connectivity index (χ4n) is 2.72. The maximum Gasteiger partial charge on any atom is 0.222 e. The van der Waals surface area contributed by atoms with Crippen LogP contribution >= 0.6 is 0 Å². The lowest BCUT2D eigenvalue weighted by molar-refractivity contribution is -0.133. The van der Waals surface area contributed by atoms with Crippen LogP contribution in [0, 0.1) is 5.92 Å². The number of amides is 1. The van der Waals surface area contributed by atoms with Gasteiger partial charge in [0.1, 0.15) is 0 Å². The highest BCUT2D eigenvalue weighted by Gasteiger charge is 2.20. The largest absolute Gasteiger partial charge is 0.340 e. The smallest absolute Gasteiger partial charge is 0.222 e. The second-order valence-electron chi connectivity index (χ2n) is 6.39. The van der Waals surface area contributed by atoms with Crippen LogP contribution in [-0.4, -0.2) is 48.4 Å². The van der Waals surface area contributed by atoms with Gasteiger partial charge in [0.15, 0.2) is 0 Å². The second-order valence-corrected chi connectivity index (χ2v) is 6.39. The van der Waals surface area contributed by atoms with Crippen LogP contribution in [0.3, 0.4) is 0 Å². The van der Waals surface area contributed by atoms with E-state index in [9.17, 15) is 4.79 Å². The van der Waals surface area contributed by atoms with Crippen LogP contribution in [0.15, 0.2) is 30.3 Å². The molecule has 0 atom stereocenters. The van der Waals surface area contributed by atoms with Crippen molar-refractivity contribution in [3.63, 3.8) is 0 Å². The van der Waals surface area contributed by atoms with E-state index in [4.69, 9.17) is 0 Å². The van der Waals surface area contributed by atoms with E-state index < -0.39 is 0 Å². The first-order valence-electron chi connectivity index (χ1n) is 8.19. The fourth-order valence-corrected chi connectivity index (χ4v) is 2.72. The zero-order chi connectivity index (χ0) is 15.1. The van der Waals surface area contributed by atoms with Gasteiger partial charge >= 0.3 is 0 Å². The number of piperazine rings is 1. The quantitative estimate of drug-likeness (QED) is 0.803. The first-order chi connectivity index (χ1) is 10.1. The molecule has 3 heteroatoms. The topological polar surface area (TPSA) is 23.6 Å². The highest BCUT2D eigenvalue weighted by Crippen LogP contribution is 2.10. The Morgan fingerprint density at radius 2 is 1.76 bits per heavy atom. The lowest BCUT2D eigenvalue weighted by atomic mass is 10.1. The van der Waals surface area contributed by atoms with Crippen molar-refractivity contribution in [3.8, 4) is 0 Å². The summed E-state index contributed by atoms with van der Waals surface area (Å²) in [5.41, 5.74) is 1.40. The van der Waals surface area contributed by atoms with Crippen LogP contribution < -0.4 is 0 Å². The predicted molar refractivity (Wildman–Crippen MR) is 87.2 cm³/mol. The van der Waals surface area contributed by atoms with E-state index >= 15 is 0 Å². The van der Waals surface area contributed by atoms with E-state index in [2.05, 4.69) is 49.1 Å². The molecule has 1 saturated heterocycles. The molecule has 0 aliphatic carbocycles. The predicted octanol–water partition coefficient (Wildman–Crippen LogP) is 2.81. The summed E-state index contributed by atoms with van der Waals surface area (Å²) in [5.74, 6) is 0.951. The molecule has 1 heterocycles. The number of carbonyl (C=O) groups excluding carboxylic acids is 1. The third-order valence-corrected chi connectivity index (χ3v) is 4.22. The molecule has 0 spiro atoms. The molecule has 3 nitrogen and oxygen atoms in total. The standard InChI is InChI=1S/C18H28N2O/c1-16(2)8-9-18(21)20-14-12-19(13-15-20)11-10-17-6-4-3-5-7-17/h3-7,16H,8-15H2,1-2H3. The summed E-state index contributed by atoms with van der Waals surface area (Å²) in [6, 6.07) is 10.6. The Morgan fingerprint density at radius 1 is 1.10 bits per heavy atom. The summed E-state index contributed by atoms with van der Waals surface area (Å²) in [6.45, 7) is 9.26. The van der Waals surface area contributed by atoms with Crippen molar-refractivity contribution in [2.75, 3.05) is 32.7 Å². The SMILES string of the molecule is CC(C)CCC(=O)N1CCN(CCc2ccccc2)CC1. The molecule has 1 aromatic carbocycles. The summed E-state index contributed by atoms with van der Waals surface area (Å²) in [4.78, 5) is 16.6. The highest BCUT2D eigenvalue weighted by atomic mass is 16.2. The molecule has 0 unspecified atom stereocenters. The van der Waals surface area contributed by atoms with E-state index in [1.807, 2.05) is 4.90 Å². The van der Waals surface area contributed by atoms with Crippen molar-refractivity contribution >= 4 is 5.91 Å². The van der Waals surface area contributed by atoms with Crippen LogP contribution in [0.2, 0.25) is 0 Å². The first kappa shape index (κ1) is 16.0. The van der Waals surface area contributed by atoms with Gasteiger partial charge in [0, 0.05) is 39.1 Å². The van der Waals surface area contributed by atoms with Gasteiger partial charge in [-0.05, 0) is 24.3 Å². The number of hydrogen-bond acceptors (Lipinski definition) is 2. The lowest BCUT2D eigenvalue weighted by Crippen LogP contribution is -2.49. The van der Waals surface area contributed by atoms with Crippen LogP contribution in [0.4, 0.5) is 0 Å². The van der Waals surface area contributed by atoms with Crippen molar-refractivity contribution in [1.82, 2.24) is 9.80 Å². The molecule has 0 bridgehead atoms. The van der Waals surface area contributed by atoms with Crippen molar-refractivity contribution in [1.29, 1.82) is 0 Å². The molecule has 116 valence electrons. The van der Waals surface area contributed by atoms with Gasteiger partial charge in [0.25, 0.3) is 0 Å².